The summed E-state index contributed by atoms with van der Waals surface area (Å²) in [7, 11) is -2.82. The Morgan fingerprint density at radius 3 is 2.28 bits per heavy atom. The Bertz CT molecular complexity index is 1610. The van der Waals surface area contributed by atoms with Gasteiger partial charge in [0, 0.05) is 18.7 Å². The topological polar surface area (TPSA) is 114 Å². The van der Waals surface area contributed by atoms with Gasteiger partial charge in [0.05, 0.1) is 17.7 Å². The molecule has 1 saturated carbocycles. The number of nitrogens with one attached hydrogen (secondary N) is 1. The van der Waals surface area contributed by atoms with Gasteiger partial charge in [-0.2, -0.15) is 0 Å². The number of carbonyl (C=O) groups is 2. The smallest absolute Gasteiger partial charge is 0.264 e. The number of methoxy groups -OCH3 is 1. The summed E-state index contributed by atoms with van der Waals surface area (Å²) < 4.78 is 59.7. The van der Waals surface area contributed by atoms with Crippen LogP contribution in [0.3, 0.4) is 0 Å². The first-order valence-corrected chi connectivity index (χ1v) is 17.0. The Morgan fingerprint density at radius 2 is 1.63 bits per heavy atom. The number of ether oxygens (including phenoxy) is 3. The maximum atomic E-state index is 14.3. The van der Waals surface area contributed by atoms with Gasteiger partial charge in [0.25, 0.3) is 10.0 Å². The fourth-order valence-corrected chi connectivity index (χ4v) is 7.27. The van der Waals surface area contributed by atoms with Gasteiger partial charge in [-0.3, -0.25) is 13.9 Å². The van der Waals surface area contributed by atoms with E-state index in [1.54, 1.807) is 31.4 Å². The Morgan fingerprint density at radius 1 is 0.957 bits per heavy atom. The SMILES string of the molecule is CCC(C(=O)NC1CCCCC1)N(Cc1ccc(OC)cc1)C(=O)CN(c1ccc(F)cc1)S(=O)(=O)c1ccc2c(c1)OCCO2. The summed E-state index contributed by atoms with van der Waals surface area (Å²) in [6.07, 6.45) is 5.25. The van der Waals surface area contributed by atoms with E-state index in [0.717, 1.165) is 54.1 Å². The molecule has 10 nitrogen and oxygen atoms in total. The van der Waals surface area contributed by atoms with Gasteiger partial charge in [0.1, 0.15) is 37.4 Å². The van der Waals surface area contributed by atoms with E-state index in [1.807, 2.05) is 6.92 Å². The highest BCUT2D eigenvalue weighted by Gasteiger charge is 2.35. The molecule has 1 heterocycles. The molecule has 0 saturated heterocycles. The molecule has 1 fully saturated rings. The second-order valence-electron chi connectivity index (χ2n) is 11.4. The number of halogens is 1. The lowest BCUT2D eigenvalue weighted by molar-refractivity contribution is -0.140. The Balaban J connectivity index is 1.49. The summed E-state index contributed by atoms with van der Waals surface area (Å²) in [5.41, 5.74) is 0.829. The van der Waals surface area contributed by atoms with E-state index in [-0.39, 0.29) is 41.4 Å². The number of hydrogen-bond donors (Lipinski definition) is 1. The molecule has 0 radical (unpaired) electrons. The van der Waals surface area contributed by atoms with E-state index in [2.05, 4.69) is 5.32 Å². The molecule has 246 valence electrons. The van der Waals surface area contributed by atoms with E-state index in [4.69, 9.17) is 14.2 Å². The zero-order valence-electron chi connectivity index (χ0n) is 26.1. The van der Waals surface area contributed by atoms with Gasteiger partial charge >= 0.3 is 0 Å². The lowest BCUT2D eigenvalue weighted by Gasteiger charge is -2.34. The maximum absolute atomic E-state index is 14.3. The van der Waals surface area contributed by atoms with Crippen molar-refractivity contribution in [2.24, 2.45) is 0 Å². The van der Waals surface area contributed by atoms with Crippen molar-refractivity contribution in [2.45, 2.75) is 69.0 Å². The van der Waals surface area contributed by atoms with Crippen molar-refractivity contribution in [1.82, 2.24) is 10.2 Å². The molecule has 12 heteroatoms. The van der Waals surface area contributed by atoms with Crippen LogP contribution in [0.15, 0.2) is 71.6 Å². The number of nitrogens with zero attached hydrogens (tertiary/aromatic N) is 2. The van der Waals surface area contributed by atoms with Gasteiger partial charge in [-0.15, -0.1) is 0 Å². The molecule has 3 aromatic rings. The van der Waals surface area contributed by atoms with Crippen LogP contribution < -0.4 is 23.8 Å². The molecule has 0 aromatic heterocycles. The number of amides is 2. The monoisotopic (exact) mass is 653 g/mol. The number of rotatable bonds is 12. The van der Waals surface area contributed by atoms with Crippen LogP contribution in [0.25, 0.3) is 0 Å². The number of fused-ring (bicyclic) bond motifs is 1. The minimum absolute atomic E-state index is 0.0273. The van der Waals surface area contributed by atoms with E-state index in [0.29, 0.717) is 24.5 Å². The van der Waals surface area contributed by atoms with E-state index in [1.165, 1.54) is 35.2 Å². The molecule has 2 amide bonds. The molecular formula is C34H40FN3O7S. The first kappa shape index (κ1) is 33.1. The minimum Gasteiger partial charge on any atom is -0.497 e. The van der Waals surface area contributed by atoms with Crippen LogP contribution in [-0.4, -0.2) is 64.1 Å². The Hall–Kier alpha value is -4.32. The molecule has 1 unspecified atom stereocenters. The Labute approximate surface area is 269 Å². The van der Waals surface area contributed by atoms with Gasteiger partial charge in [-0.25, -0.2) is 12.8 Å². The van der Waals surface area contributed by atoms with Gasteiger partial charge in [0.2, 0.25) is 11.8 Å². The molecule has 1 atom stereocenters. The molecule has 46 heavy (non-hydrogen) atoms. The number of hydrogen-bond acceptors (Lipinski definition) is 7. The molecule has 2 aliphatic rings. The molecule has 1 aliphatic heterocycles. The van der Waals surface area contributed by atoms with Crippen molar-refractivity contribution in [3.8, 4) is 17.2 Å². The zero-order chi connectivity index (χ0) is 32.7. The first-order chi connectivity index (χ1) is 22.2. The third-order valence-electron chi connectivity index (χ3n) is 8.34. The fraction of sp³-hybridized carbons (Fsp3) is 0.412. The third-order valence-corrected chi connectivity index (χ3v) is 10.1. The highest BCUT2D eigenvalue weighted by atomic mass is 32.2. The zero-order valence-corrected chi connectivity index (χ0v) is 26.9. The van der Waals surface area contributed by atoms with Crippen LogP contribution in [0.2, 0.25) is 0 Å². The van der Waals surface area contributed by atoms with Gasteiger partial charge in [0.15, 0.2) is 11.5 Å². The standard InChI is InChI=1S/C34H40FN3O7S/c1-3-30(34(40)36-26-7-5-4-6-8-26)37(22-24-9-15-28(43-2)16-10-24)33(39)23-38(27-13-11-25(35)12-14-27)46(41,42)29-17-18-31-32(21-29)45-20-19-44-31/h9-18,21,26,30H,3-8,19-20,22-23H2,1-2H3,(H,36,40). The number of anilines is 1. The van der Waals surface area contributed by atoms with Crippen LogP contribution in [0.5, 0.6) is 17.2 Å². The molecule has 1 aliphatic carbocycles. The van der Waals surface area contributed by atoms with Gasteiger partial charge in [-0.05, 0) is 73.4 Å². The maximum Gasteiger partial charge on any atom is 0.264 e. The summed E-state index contributed by atoms with van der Waals surface area (Å²) >= 11 is 0. The summed E-state index contributed by atoms with van der Waals surface area (Å²) in [4.78, 5) is 29.3. The summed E-state index contributed by atoms with van der Waals surface area (Å²) in [6.45, 7) is 1.85. The largest absolute Gasteiger partial charge is 0.497 e. The molecule has 0 spiro atoms. The van der Waals surface area contributed by atoms with E-state index >= 15 is 0 Å². The highest BCUT2D eigenvalue weighted by molar-refractivity contribution is 7.92. The Kier molecular flexibility index (Phi) is 10.7. The van der Waals surface area contributed by atoms with Gasteiger partial charge < -0.3 is 24.4 Å². The van der Waals surface area contributed by atoms with Crippen LogP contribution in [0.4, 0.5) is 10.1 Å². The molecule has 0 bridgehead atoms. The van der Waals surface area contributed by atoms with Crippen LogP contribution in [0.1, 0.15) is 51.0 Å². The predicted molar refractivity (Wildman–Crippen MR) is 171 cm³/mol. The number of carbonyl (C=O) groups excluding carboxylic acids is 2. The van der Waals surface area contributed by atoms with Crippen LogP contribution >= 0.6 is 0 Å². The fourth-order valence-electron chi connectivity index (χ4n) is 5.84. The average Bonchev–Trinajstić information content (AvgIpc) is 3.08. The van der Waals surface area contributed by atoms with Crippen LogP contribution in [0, 0.1) is 5.82 Å². The van der Waals surface area contributed by atoms with E-state index in [9.17, 15) is 22.4 Å². The molecule has 3 aromatic carbocycles. The summed E-state index contributed by atoms with van der Waals surface area (Å²) in [5, 5.41) is 3.13. The molecular weight excluding hydrogens is 613 g/mol. The van der Waals surface area contributed by atoms with Crippen LogP contribution in [-0.2, 0) is 26.2 Å². The van der Waals surface area contributed by atoms with Crippen molar-refractivity contribution in [3.63, 3.8) is 0 Å². The summed E-state index contributed by atoms with van der Waals surface area (Å²) in [5.74, 6) is -0.111. The summed E-state index contributed by atoms with van der Waals surface area (Å²) in [6, 6.07) is 15.4. The van der Waals surface area contributed by atoms with Crippen molar-refractivity contribution in [1.29, 1.82) is 0 Å². The van der Waals surface area contributed by atoms with Crippen molar-refractivity contribution < 1.29 is 36.6 Å². The first-order valence-electron chi connectivity index (χ1n) is 15.6. The second kappa shape index (κ2) is 14.8. The van der Waals surface area contributed by atoms with Gasteiger partial charge in [-0.1, -0.05) is 38.3 Å². The lowest BCUT2D eigenvalue weighted by atomic mass is 9.95. The average molecular weight is 654 g/mol. The quantitative estimate of drug-likeness (QED) is 0.291. The molecule has 5 rings (SSSR count). The molecule has 1 N–H and O–H groups in total. The van der Waals surface area contributed by atoms with Crippen molar-refractivity contribution in [2.75, 3.05) is 31.2 Å². The second-order valence-corrected chi connectivity index (χ2v) is 13.3. The minimum atomic E-state index is -4.38. The van der Waals surface area contributed by atoms with Crippen molar-refractivity contribution in [3.05, 3.63) is 78.1 Å². The number of sulfonamides is 1. The normalized spacial score (nSPS) is 15.5. The van der Waals surface area contributed by atoms with Crippen molar-refractivity contribution >= 4 is 27.5 Å². The predicted octanol–water partition coefficient (Wildman–Crippen LogP) is 5.06. The third kappa shape index (κ3) is 7.72. The van der Waals surface area contributed by atoms with E-state index < -0.39 is 34.3 Å². The lowest BCUT2D eigenvalue weighted by Crippen LogP contribution is -2.54. The number of benzene rings is 3. The highest BCUT2D eigenvalue weighted by Crippen LogP contribution is 2.34.